The third-order valence-electron chi connectivity index (χ3n) is 5.30. The minimum Gasteiger partial charge on any atom is -0.496 e. The minimum absolute atomic E-state index is 0.210. The van der Waals surface area contributed by atoms with Crippen LogP contribution in [0.4, 0.5) is 5.00 Å². The normalized spacial score (nSPS) is 13.1. The highest BCUT2D eigenvalue weighted by molar-refractivity contribution is 7.16. The number of carbonyl (C=O) groups excluding carboxylic acids is 2. The van der Waals surface area contributed by atoms with E-state index in [-0.39, 0.29) is 23.9 Å². The van der Waals surface area contributed by atoms with E-state index in [1.807, 2.05) is 6.07 Å². The number of methoxy groups -OCH3 is 1. The molecule has 3 aromatic rings. The summed E-state index contributed by atoms with van der Waals surface area (Å²) in [4.78, 5) is 28.2. The van der Waals surface area contributed by atoms with E-state index in [9.17, 15) is 19.8 Å². The molecule has 0 aliphatic carbocycles. The first kappa shape index (κ1) is 22.3. The lowest BCUT2D eigenvalue weighted by Crippen LogP contribution is -2.35. The van der Waals surface area contributed by atoms with Crippen LogP contribution in [-0.2, 0) is 13.0 Å². The molecule has 4 rings (SSSR count). The van der Waals surface area contributed by atoms with Crippen molar-refractivity contribution in [3.63, 3.8) is 0 Å². The molecule has 0 fully saturated rings. The molecule has 7 nitrogen and oxygen atoms in total. The Labute approximate surface area is 193 Å². The Balaban J connectivity index is 1.60. The average Bonchev–Trinajstić information content (AvgIpc) is 3.16. The van der Waals surface area contributed by atoms with E-state index in [1.54, 1.807) is 47.4 Å². The van der Waals surface area contributed by atoms with E-state index in [1.165, 1.54) is 18.4 Å². The van der Waals surface area contributed by atoms with Gasteiger partial charge in [0.2, 0.25) is 0 Å². The molecular formula is C23H21ClN2O5S. The number of nitrogens with zero attached hydrogens (tertiary/aromatic N) is 1. The molecule has 0 spiro atoms. The van der Waals surface area contributed by atoms with Crippen LogP contribution in [0.2, 0.25) is 5.02 Å². The number of benzene rings is 2. The van der Waals surface area contributed by atoms with Gasteiger partial charge in [-0.1, -0.05) is 29.8 Å². The molecule has 0 atom stereocenters. The van der Waals surface area contributed by atoms with E-state index in [2.05, 4.69) is 5.32 Å². The van der Waals surface area contributed by atoms with Crippen LogP contribution in [0.5, 0.6) is 5.75 Å². The van der Waals surface area contributed by atoms with Crippen molar-refractivity contribution >= 4 is 39.8 Å². The van der Waals surface area contributed by atoms with Crippen LogP contribution < -0.4 is 10.1 Å². The molecule has 2 heterocycles. The van der Waals surface area contributed by atoms with Crippen LogP contribution in [0.1, 0.15) is 43.0 Å². The molecular weight excluding hydrogens is 452 g/mol. The predicted octanol–water partition coefficient (Wildman–Crippen LogP) is 3.84. The van der Waals surface area contributed by atoms with Crippen molar-refractivity contribution in [2.24, 2.45) is 0 Å². The van der Waals surface area contributed by atoms with Gasteiger partial charge in [-0.3, -0.25) is 9.59 Å². The van der Waals surface area contributed by atoms with Gasteiger partial charge in [-0.25, -0.2) is 0 Å². The van der Waals surface area contributed by atoms with Crippen LogP contribution in [0.25, 0.3) is 0 Å². The fourth-order valence-electron chi connectivity index (χ4n) is 3.74. The fraction of sp³-hybridized carbons (Fsp3) is 0.217. The second-order valence-corrected chi connectivity index (χ2v) is 8.80. The number of halogens is 1. The van der Waals surface area contributed by atoms with Crippen molar-refractivity contribution in [2.45, 2.75) is 19.3 Å². The van der Waals surface area contributed by atoms with Gasteiger partial charge in [0, 0.05) is 27.6 Å². The Kier molecular flexibility index (Phi) is 6.48. The zero-order chi connectivity index (χ0) is 22.8. The Bertz CT molecular complexity index is 1160. The number of hydrogen-bond acceptors (Lipinski definition) is 6. The van der Waals surface area contributed by atoms with Gasteiger partial charge in [0.15, 0.2) is 6.29 Å². The summed E-state index contributed by atoms with van der Waals surface area (Å²) in [5, 5.41) is 23.6. The molecule has 32 heavy (non-hydrogen) atoms. The summed E-state index contributed by atoms with van der Waals surface area (Å²) in [5.74, 6) is -0.162. The molecule has 0 radical (unpaired) electrons. The highest BCUT2D eigenvalue weighted by atomic mass is 35.5. The third kappa shape index (κ3) is 4.35. The van der Waals surface area contributed by atoms with Gasteiger partial charge in [0.25, 0.3) is 11.8 Å². The van der Waals surface area contributed by atoms with Crippen LogP contribution >= 0.6 is 22.9 Å². The zero-order valence-corrected chi connectivity index (χ0v) is 18.7. The average molecular weight is 473 g/mol. The number of aliphatic hydroxyl groups excluding tert-OH is 1. The van der Waals surface area contributed by atoms with Gasteiger partial charge in [-0.2, -0.15) is 0 Å². The molecule has 3 N–H and O–H groups in total. The van der Waals surface area contributed by atoms with E-state index in [0.717, 1.165) is 10.4 Å². The van der Waals surface area contributed by atoms with Crippen molar-refractivity contribution in [3.8, 4) is 5.75 Å². The third-order valence-corrected chi connectivity index (χ3v) is 6.68. The lowest BCUT2D eigenvalue weighted by molar-refractivity contribution is -0.0424. The number of hydrogen-bond donors (Lipinski definition) is 3. The minimum atomic E-state index is -1.74. The van der Waals surface area contributed by atoms with Crippen molar-refractivity contribution in [1.82, 2.24) is 4.90 Å². The monoisotopic (exact) mass is 472 g/mol. The standard InChI is InChI=1S/C23H21ClN2O5S/c1-31-17-11-14(24)7-8-15(17)22(28)26-10-9-16-18(12-26)32-21(19(16)23(29)30)25-20(27)13-5-3-2-4-6-13/h2-8,11,23,29-30H,9-10,12H2,1H3,(H,25,27). The van der Waals surface area contributed by atoms with Crippen LogP contribution in [0, 0.1) is 0 Å². The largest absolute Gasteiger partial charge is 0.496 e. The lowest BCUT2D eigenvalue weighted by Gasteiger charge is -2.28. The Hall–Kier alpha value is -2.91. The number of thiophene rings is 1. The molecule has 1 aromatic heterocycles. The van der Waals surface area contributed by atoms with Crippen molar-refractivity contribution in [3.05, 3.63) is 80.7 Å². The molecule has 0 saturated carbocycles. The van der Waals surface area contributed by atoms with Gasteiger partial charge in [-0.15, -0.1) is 11.3 Å². The number of anilines is 1. The van der Waals surface area contributed by atoms with Gasteiger partial charge in [0.1, 0.15) is 10.8 Å². The molecule has 2 amide bonds. The number of amides is 2. The molecule has 0 unspecified atom stereocenters. The summed E-state index contributed by atoms with van der Waals surface area (Å²) in [6.45, 7) is 0.672. The second kappa shape index (κ2) is 9.30. The van der Waals surface area contributed by atoms with Gasteiger partial charge in [0.05, 0.1) is 19.2 Å². The molecule has 0 saturated heterocycles. The van der Waals surface area contributed by atoms with Crippen molar-refractivity contribution in [2.75, 3.05) is 19.0 Å². The lowest BCUT2D eigenvalue weighted by atomic mass is 10.0. The maximum Gasteiger partial charge on any atom is 0.257 e. The van der Waals surface area contributed by atoms with E-state index in [4.69, 9.17) is 16.3 Å². The van der Waals surface area contributed by atoms with E-state index in [0.29, 0.717) is 39.9 Å². The second-order valence-electron chi connectivity index (χ2n) is 7.26. The number of ether oxygens (including phenoxy) is 1. The Morgan fingerprint density at radius 3 is 2.62 bits per heavy atom. The summed E-state index contributed by atoms with van der Waals surface area (Å²) >= 11 is 7.25. The molecule has 2 aromatic carbocycles. The number of fused-ring (bicyclic) bond motifs is 1. The Morgan fingerprint density at radius 2 is 1.94 bits per heavy atom. The number of carbonyl (C=O) groups is 2. The van der Waals surface area contributed by atoms with Crippen molar-refractivity contribution in [1.29, 1.82) is 0 Å². The summed E-state index contributed by atoms with van der Waals surface area (Å²) in [6, 6.07) is 13.5. The summed E-state index contributed by atoms with van der Waals surface area (Å²) in [7, 11) is 1.48. The van der Waals surface area contributed by atoms with Crippen LogP contribution in [-0.4, -0.2) is 40.6 Å². The van der Waals surface area contributed by atoms with Crippen LogP contribution in [0.3, 0.4) is 0 Å². The van der Waals surface area contributed by atoms with Gasteiger partial charge < -0.3 is 25.2 Å². The first-order valence-corrected chi connectivity index (χ1v) is 11.1. The molecule has 1 aliphatic rings. The van der Waals surface area contributed by atoms with Gasteiger partial charge in [-0.05, 0) is 42.3 Å². The topological polar surface area (TPSA) is 99.1 Å². The smallest absolute Gasteiger partial charge is 0.257 e. The quantitative estimate of drug-likeness (QED) is 0.490. The van der Waals surface area contributed by atoms with E-state index < -0.39 is 6.29 Å². The molecule has 1 aliphatic heterocycles. The first-order chi connectivity index (χ1) is 15.4. The summed E-state index contributed by atoms with van der Waals surface area (Å²) < 4.78 is 5.31. The number of rotatable bonds is 5. The SMILES string of the molecule is COc1cc(Cl)ccc1C(=O)N1CCc2c(sc(NC(=O)c3ccccc3)c2C(O)O)C1. The highest BCUT2D eigenvalue weighted by Gasteiger charge is 2.31. The zero-order valence-electron chi connectivity index (χ0n) is 17.2. The van der Waals surface area contributed by atoms with Crippen LogP contribution in [0.15, 0.2) is 48.5 Å². The van der Waals surface area contributed by atoms with E-state index >= 15 is 0 Å². The van der Waals surface area contributed by atoms with Crippen molar-refractivity contribution < 1.29 is 24.5 Å². The highest BCUT2D eigenvalue weighted by Crippen LogP contribution is 2.40. The Morgan fingerprint density at radius 1 is 1.19 bits per heavy atom. The first-order valence-electron chi connectivity index (χ1n) is 9.88. The van der Waals surface area contributed by atoms with Gasteiger partial charge >= 0.3 is 0 Å². The molecule has 166 valence electrons. The number of nitrogens with one attached hydrogen (secondary N) is 1. The number of aliphatic hydroxyl groups is 2. The molecule has 0 bridgehead atoms. The molecule has 9 heteroatoms. The summed E-state index contributed by atoms with van der Waals surface area (Å²) in [5.41, 5.74) is 1.90. The maximum atomic E-state index is 13.1. The summed E-state index contributed by atoms with van der Waals surface area (Å²) in [6.07, 6.45) is -1.30. The maximum absolute atomic E-state index is 13.1. The fourth-order valence-corrected chi connectivity index (χ4v) is 5.19. The predicted molar refractivity (Wildman–Crippen MR) is 122 cm³/mol.